The Morgan fingerprint density at radius 2 is 2.25 bits per heavy atom. The van der Waals surface area contributed by atoms with Crippen LogP contribution in [0, 0.1) is 5.92 Å². The molecule has 1 aliphatic rings. The fourth-order valence-corrected chi connectivity index (χ4v) is 2.74. The van der Waals surface area contributed by atoms with Crippen molar-refractivity contribution in [3.8, 4) is 5.75 Å². The summed E-state index contributed by atoms with van der Waals surface area (Å²) in [5, 5.41) is 8.94. The van der Waals surface area contributed by atoms with E-state index < -0.39 is 5.97 Å². The zero-order valence-corrected chi connectivity index (χ0v) is 12.2. The summed E-state index contributed by atoms with van der Waals surface area (Å²) in [5.41, 5.74) is 0.266. The molecule has 2 rings (SSSR count). The third kappa shape index (κ3) is 3.73. The van der Waals surface area contributed by atoms with Crippen LogP contribution in [0.5, 0.6) is 5.75 Å². The predicted octanol–water partition coefficient (Wildman–Crippen LogP) is 2.88. The molecule has 0 radical (unpaired) electrons. The van der Waals surface area contributed by atoms with Gasteiger partial charge in [-0.3, -0.25) is 4.90 Å². The summed E-state index contributed by atoms with van der Waals surface area (Å²) in [6, 6.07) is 7.26. The molecule has 2 atom stereocenters. The van der Waals surface area contributed by atoms with Gasteiger partial charge in [0.05, 0.1) is 5.56 Å². The number of nitrogens with zero attached hydrogens (tertiary/aromatic N) is 1. The maximum Gasteiger partial charge on any atom is 0.335 e. The second-order valence-corrected chi connectivity index (χ2v) is 5.58. The van der Waals surface area contributed by atoms with Crippen LogP contribution >= 0.6 is 0 Å². The number of carboxylic acids is 1. The molecule has 2 unspecified atom stereocenters. The molecule has 0 amide bonds. The highest BCUT2D eigenvalue weighted by molar-refractivity contribution is 5.87. The highest BCUT2D eigenvalue weighted by Crippen LogP contribution is 2.22. The smallest absolute Gasteiger partial charge is 0.335 e. The molecule has 1 aromatic carbocycles. The van der Waals surface area contributed by atoms with E-state index in [2.05, 4.69) is 18.7 Å². The Hall–Kier alpha value is -1.55. The average Bonchev–Trinajstić information content (AvgIpc) is 2.44. The lowest BCUT2D eigenvalue weighted by molar-refractivity contribution is 0.0696. The number of ether oxygens (including phenoxy) is 1. The standard InChI is InChI=1S/C16H23NO3/c1-12-5-4-8-17(13(12)2)9-10-20-15-7-3-6-14(11-15)16(18)19/h3,6-7,11-13H,4-5,8-10H2,1-2H3,(H,18,19). The fraction of sp³-hybridized carbons (Fsp3) is 0.562. The molecule has 1 aromatic rings. The Morgan fingerprint density at radius 3 is 3.00 bits per heavy atom. The summed E-state index contributed by atoms with van der Waals surface area (Å²) in [7, 11) is 0. The Kier molecular flexibility index (Phi) is 5.01. The molecule has 0 spiro atoms. The highest BCUT2D eigenvalue weighted by Gasteiger charge is 2.24. The van der Waals surface area contributed by atoms with E-state index in [0.717, 1.165) is 19.0 Å². The summed E-state index contributed by atoms with van der Waals surface area (Å²) in [6.45, 7) is 7.19. The van der Waals surface area contributed by atoms with E-state index in [0.29, 0.717) is 18.4 Å². The summed E-state index contributed by atoms with van der Waals surface area (Å²) >= 11 is 0. The third-order valence-corrected chi connectivity index (χ3v) is 4.23. The lowest BCUT2D eigenvalue weighted by Crippen LogP contribution is -2.44. The van der Waals surface area contributed by atoms with Crippen LogP contribution in [-0.4, -0.2) is 41.7 Å². The van der Waals surface area contributed by atoms with E-state index in [9.17, 15) is 4.79 Å². The number of rotatable bonds is 5. The van der Waals surface area contributed by atoms with Crippen LogP contribution in [0.15, 0.2) is 24.3 Å². The van der Waals surface area contributed by atoms with Crippen molar-refractivity contribution in [2.75, 3.05) is 19.7 Å². The summed E-state index contributed by atoms with van der Waals surface area (Å²) in [5.74, 6) is 0.440. The normalized spacial score (nSPS) is 23.5. The van der Waals surface area contributed by atoms with Crippen molar-refractivity contribution in [1.82, 2.24) is 4.90 Å². The zero-order valence-electron chi connectivity index (χ0n) is 12.2. The SMILES string of the molecule is CC1CCCN(CCOc2cccc(C(=O)O)c2)C1C. The van der Waals surface area contributed by atoms with Crippen LogP contribution in [0.2, 0.25) is 0 Å². The first-order chi connectivity index (χ1) is 9.58. The van der Waals surface area contributed by atoms with Crippen molar-refractivity contribution < 1.29 is 14.6 Å². The second-order valence-electron chi connectivity index (χ2n) is 5.58. The van der Waals surface area contributed by atoms with Crippen LogP contribution in [-0.2, 0) is 0 Å². The van der Waals surface area contributed by atoms with Gasteiger partial charge < -0.3 is 9.84 Å². The Bertz CT molecular complexity index is 461. The first kappa shape index (κ1) is 14.9. The maximum absolute atomic E-state index is 10.9. The highest BCUT2D eigenvalue weighted by atomic mass is 16.5. The molecule has 4 nitrogen and oxygen atoms in total. The summed E-state index contributed by atoms with van der Waals surface area (Å²) in [4.78, 5) is 13.3. The molecule has 0 bridgehead atoms. The molecule has 1 saturated heterocycles. The molecule has 1 fully saturated rings. The third-order valence-electron chi connectivity index (χ3n) is 4.23. The average molecular weight is 277 g/mol. The zero-order chi connectivity index (χ0) is 14.5. The monoisotopic (exact) mass is 277 g/mol. The molecule has 1 aliphatic heterocycles. The Labute approximate surface area is 120 Å². The van der Waals surface area contributed by atoms with Gasteiger partial charge in [-0.05, 0) is 50.4 Å². The maximum atomic E-state index is 10.9. The number of aromatic carboxylic acids is 1. The van der Waals surface area contributed by atoms with Gasteiger partial charge >= 0.3 is 5.97 Å². The number of likely N-dealkylation sites (tertiary alicyclic amines) is 1. The molecule has 1 heterocycles. The van der Waals surface area contributed by atoms with E-state index in [1.54, 1.807) is 24.3 Å². The van der Waals surface area contributed by atoms with Gasteiger partial charge in [0.2, 0.25) is 0 Å². The minimum absolute atomic E-state index is 0.266. The minimum atomic E-state index is -0.922. The molecule has 20 heavy (non-hydrogen) atoms. The van der Waals surface area contributed by atoms with Gasteiger partial charge in [-0.25, -0.2) is 4.79 Å². The van der Waals surface area contributed by atoms with Crippen molar-refractivity contribution in [3.63, 3.8) is 0 Å². The number of hydrogen-bond donors (Lipinski definition) is 1. The van der Waals surface area contributed by atoms with E-state index >= 15 is 0 Å². The van der Waals surface area contributed by atoms with Crippen LogP contribution in [0.25, 0.3) is 0 Å². The van der Waals surface area contributed by atoms with E-state index in [-0.39, 0.29) is 5.56 Å². The van der Waals surface area contributed by atoms with Crippen molar-refractivity contribution in [1.29, 1.82) is 0 Å². The van der Waals surface area contributed by atoms with Gasteiger partial charge in [-0.1, -0.05) is 13.0 Å². The molecule has 4 heteroatoms. The van der Waals surface area contributed by atoms with Gasteiger partial charge in [0.1, 0.15) is 12.4 Å². The van der Waals surface area contributed by atoms with E-state index in [1.165, 1.54) is 12.8 Å². The van der Waals surface area contributed by atoms with E-state index in [4.69, 9.17) is 9.84 Å². The first-order valence-corrected chi connectivity index (χ1v) is 7.28. The number of carbonyl (C=O) groups is 1. The second kappa shape index (κ2) is 6.75. The van der Waals surface area contributed by atoms with Gasteiger partial charge in [-0.2, -0.15) is 0 Å². The minimum Gasteiger partial charge on any atom is -0.492 e. The lowest BCUT2D eigenvalue weighted by atomic mass is 9.92. The van der Waals surface area contributed by atoms with Crippen LogP contribution in [0.1, 0.15) is 37.0 Å². The van der Waals surface area contributed by atoms with Crippen molar-refractivity contribution in [2.45, 2.75) is 32.7 Å². The van der Waals surface area contributed by atoms with Gasteiger partial charge in [-0.15, -0.1) is 0 Å². The van der Waals surface area contributed by atoms with E-state index in [1.807, 2.05) is 0 Å². The van der Waals surface area contributed by atoms with Crippen molar-refractivity contribution in [3.05, 3.63) is 29.8 Å². The Morgan fingerprint density at radius 1 is 1.45 bits per heavy atom. The number of hydrogen-bond acceptors (Lipinski definition) is 3. The predicted molar refractivity (Wildman–Crippen MR) is 78.3 cm³/mol. The summed E-state index contributed by atoms with van der Waals surface area (Å²) in [6.07, 6.45) is 2.55. The van der Waals surface area contributed by atoms with Crippen molar-refractivity contribution >= 4 is 5.97 Å². The van der Waals surface area contributed by atoms with Gasteiger partial charge in [0.25, 0.3) is 0 Å². The largest absolute Gasteiger partial charge is 0.492 e. The van der Waals surface area contributed by atoms with Gasteiger partial charge in [0.15, 0.2) is 0 Å². The van der Waals surface area contributed by atoms with Crippen LogP contribution in [0.3, 0.4) is 0 Å². The first-order valence-electron chi connectivity index (χ1n) is 7.28. The molecule has 1 N–H and O–H groups in total. The number of piperidine rings is 1. The fourth-order valence-electron chi connectivity index (χ4n) is 2.74. The van der Waals surface area contributed by atoms with Crippen molar-refractivity contribution in [2.24, 2.45) is 5.92 Å². The number of carboxylic acid groups (broad SMARTS) is 1. The molecular formula is C16H23NO3. The molecular weight excluding hydrogens is 254 g/mol. The molecule has 110 valence electrons. The van der Waals surface area contributed by atoms with Crippen LogP contribution < -0.4 is 4.74 Å². The lowest BCUT2D eigenvalue weighted by Gasteiger charge is -2.37. The Balaban J connectivity index is 1.83. The topological polar surface area (TPSA) is 49.8 Å². The van der Waals surface area contributed by atoms with Gasteiger partial charge in [0, 0.05) is 12.6 Å². The molecule has 0 aromatic heterocycles. The number of benzene rings is 1. The van der Waals surface area contributed by atoms with Crippen LogP contribution in [0.4, 0.5) is 0 Å². The quantitative estimate of drug-likeness (QED) is 0.899. The summed E-state index contributed by atoms with van der Waals surface area (Å²) < 4.78 is 5.68. The molecule has 0 saturated carbocycles. The molecule has 0 aliphatic carbocycles.